The number of ether oxygens (including phenoxy) is 3. The van der Waals surface area contributed by atoms with Crippen molar-refractivity contribution in [2.24, 2.45) is 5.92 Å². The van der Waals surface area contributed by atoms with Crippen LogP contribution in [0.1, 0.15) is 56.0 Å². The summed E-state index contributed by atoms with van der Waals surface area (Å²) in [6.07, 6.45) is 2.16. The molecule has 3 aromatic rings. The van der Waals surface area contributed by atoms with Gasteiger partial charge >= 0.3 is 0 Å². The van der Waals surface area contributed by atoms with Crippen LogP contribution in [0.25, 0.3) is 0 Å². The molecule has 46 heavy (non-hydrogen) atoms. The minimum absolute atomic E-state index is 0.0805. The van der Waals surface area contributed by atoms with Crippen molar-refractivity contribution in [1.29, 1.82) is 0 Å². The largest absolute Gasteiger partial charge is 0.497 e. The summed E-state index contributed by atoms with van der Waals surface area (Å²) in [5.41, 5.74) is 1.64. The van der Waals surface area contributed by atoms with Crippen molar-refractivity contribution in [2.75, 3.05) is 45.2 Å². The molecule has 1 aromatic heterocycles. The maximum Gasteiger partial charge on any atom is 0.271 e. The van der Waals surface area contributed by atoms with E-state index >= 15 is 0 Å². The maximum absolute atomic E-state index is 14.3. The van der Waals surface area contributed by atoms with Gasteiger partial charge in [-0.1, -0.05) is 25.1 Å². The van der Waals surface area contributed by atoms with Crippen LogP contribution < -0.4 is 14.2 Å². The molecule has 2 aromatic carbocycles. The van der Waals surface area contributed by atoms with E-state index in [-0.39, 0.29) is 46.1 Å². The van der Waals surface area contributed by atoms with Crippen molar-refractivity contribution in [3.05, 3.63) is 71.1 Å². The highest BCUT2D eigenvalue weighted by Crippen LogP contribution is 2.30. The number of aliphatic hydroxyl groups excluding tert-OH is 1. The number of fused-ring (bicyclic) bond motifs is 1. The standard InChI is InChI=1S/C34H47N3O7S2/c1-24-20-37(25(2)23-38)34(39)30-19-28(35-46(40,41)33-10-8-18-45-33)13-16-31(30)44-26(3)9-6-7-17-43-32(24)22-36(4)21-27-11-14-29(42-5)15-12-27/h8,10-16,18-19,24-26,32,35,38H,6-7,9,17,20-23H2,1-5H3/t24-,25+,26+,32+/m1/s1. The molecular weight excluding hydrogens is 627 g/mol. The van der Waals surface area contributed by atoms with Gasteiger partial charge in [-0.3, -0.25) is 14.4 Å². The first-order valence-electron chi connectivity index (χ1n) is 15.7. The fourth-order valence-electron chi connectivity index (χ4n) is 5.48. The Morgan fingerprint density at radius 2 is 1.91 bits per heavy atom. The normalized spacial score (nSPS) is 20.8. The third-order valence-electron chi connectivity index (χ3n) is 8.17. The lowest BCUT2D eigenvalue weighted by molar-refractivity contribution is -0.0177. The predicted molar refractivity (Wildman–Crippen MR) is 181 cm³/mol. The van der Waals surface area contributed by atoms with E-state index in [1.165, 1.54) is 12.1 Å². The van der Waals surface area contributed by atoms with Gasteiger partial charge in [-0.05, 0) is 87.5 Å². The van der Waals surface area contributed by atoms with Gasteiger partial charge in [-0.2, -0.15) is 0 Å². The second kappa shape index (κ2) is 16.6. The van der Waals surface area contributed by atoms with Crippen molar-refractivity contribution >= 4 is 33.0 Å². The van der Waals surface area contributed by atoms with E-state index in [1.807, 2.05) is 31.2 Å². The molecule has 0 unspecified atom stereocenters. The molecule has 0 bridgehead atoms. The van der Waals surface area contributed by atoms with Crippen LogP contribution in [0, 0.1) is 5.92 Å². The fourth-order valence-corrected chi connectivity index (χ4v) is 7.53. The third kappa shape index (κ3) is 9.68. The van der Waals surface area contributed by atoms with Gasteiger partial charge < -0.3 is 24.2 Å². The fraction of sp³-hybridized carbons (Fsp3) is 0.500. The molecule has 0 saturated heterocycles. The molecule has 12 heteroatoms. The second-order valence-electron chi connectivity index (χ2n) is 12.1. The average Bonchev–Trinajstić information content (AvgIpc) is 3.59. The van der Waals surface area contributed by atoms with Gasteiger partial charge in [0.1, 0.15) is 15.7 Å². The number of likely N-dealkylation sites (N-methyl/N-ethyl adjacent to an activating group) is 1. The maximum atomic E-state index is 14.3. The number of rotatable bonds is 10. The summed E-state index contributed by atoms with van der Waals surface area (Å²) < 4.78 is 46.8. The van der Waals surface area contributed by atoms with Crippen molar-refractivity contribution in [3.63, 3.8) is 0 Å². The number of nitrogens with zero attached hydrogens (tertiary/aromatic N) is 2. The predicted octanol–water partition coefficient (Wildman–Crippen LogP) is 5.49. The quantitative estimate of drug-likeness (QED) is 0.291. The van der Waals surface area contributed by atoms with Gasteiger partial charge in [0.05, 0.1) is 37.5 Å². The van der Waals surface area contributed by atoms with E-state index in [0.717, 1.165) is 48.5 Å². The molecule has 1 amide bonds. The highest BCUT2D eigenvalue weighted by molar-refractivity contribution is 7.94. The monoisotopic (exact) mass is 673 g/mol. The number of aliphatic hydroxyl groups is 1. The van der Waals surface area contributed by atoms with E-state index in [2.05, 4.69) is 23.6 Å². The molecule has 0 aliphatic carbocycles. The number of nitrogens with one attached hydrogen (secondary N) is 1. The Morgan fingerprint density at radius 3 is 2.59 bits per heavy atom. The highest BCUT2D eigenvalue weighted by atomic mass is 32.2. The molecule has 2 N–H and O–H groups in total. The summed E-state index contributed by atoms with van der Waals surface area (Å²) in [7, 11) is -0.122. The number of amides is 1. The lowest BCUT2D eigenvalue weighted by Gasteiger charge is -2.36. The Kier molecular flexibility index (Phi) is 12.9. The summed E-state index contributed by atoms with van der Waals surface area (Å²) in [5, 5.41) is 11.9. The average molecular weight is 674 g/mol. The van der Waals surface area contributed by atoms with Crippen LogP contribution in [0.5, 0.6) is 11.5 Å². The Hall–Kier alpha value is -3.16. The Labute approximate surface area is 277 Å². The number of hydrogen-bond acceptors (Lipinski definition) is 9. The number of sulfonamides is 1. The van der Waals surface area contributed by atoms with Gasteiger partial charge in [-0.15, -0.1) is 11.3 Å². The molecule has 4 atom stereocenters. The van der Waals surface area contributed by atoms with Crippen molar-refractivity contribution in [2.45, 2.75) is 69.0 Å². The Bertz CT molecular complexity index is 1500. The van der Waals surface area contributed by atoms with Crippen molar-refractivity contribution in [3.8, 4) is 11.5 Å². The van der Waals surface area contributed by atoms with Gasteiger partial charge in [0.25, 0.3) is 15.9 Å². The van der Waals surface area contributed by atoms with Crippen LogP contribution in [-0.2, 0) is 21.3 Å². The second-order valence-corrected chi connectivity index (χ2v) is 15.0. The first-order valence-corrected chi connectivity index (χ1v) is 18.1. The smallest absolute Gasteiger partial charge is 0.271 e. The lowest BCUT2D eigenvalue weighted by atomic mass is 10.0. The molecule has 0 radical (unpaired) electrons. The highest BCUT2D eigenvalue weighted by Gasteiger charge is 2.31. The van der Waals surface area contributed by atoms with E-state index in [9.17, 15) is 18.3 Å². The zero-order chi connectivity index (χ0) is 33.3. The molecule has 1 aliphatic rings. The number of methoxy groups -OCH3 is 1. The number of anilines is 1. The Balaban J connectivity index is 1.61. The van der Waals surface area contributed by atoms with Gasteiger partial charge in [0.2, 0.25) is 0 Å². The molecule has 2 heterocycles. The van der Waals surface area contributed by atoms with E-state index in [4.69, 9.17) is 14.2 Å². The first-order chi connectivity index (χ1) is 22.0. The van der Waals surface area contributed by atoms with Crippen LogP contribution in [0.4, 0.5) is 5.69 Å². The van der Waals surface area contributed by atoms with Crippen LogP contribution >= 0.6 is 11.3 Å². The van der Waals surface area contributed by atoms with E-state index < -0.39 is 16.1 Å². The molecule has 0 saturated carbocycles. The van der Waals surface area contributed by atoms with Crippen LogP contribution in [0.2, 0.25) is 0 Å². The molecule has 252 valence electrons. The molecule has 4 rings (SSSR count). The number of hydrogen-bond donors (Lipinski definition) is 2. The van der Waals surface area contributed by atoms with Gasteiger partial charge in [0.15, 0.2) is 0 Å². The Morgan fingerprint density at radius 1 is 1.15 bits per heavy atom. The minimum Gasteiger partial charge on any atom is -0.497 e. The summed E-state index contributed by atoms with van der Waals surface area (Å²) in [6.45, 7) is 7.86. The summed E-state index contributed by atoms with van der Waals surface area (Å²) >= 11 is 1.11. The zero-order valence-electron chi connectivity index (χ0n) is 27.3. The van der Waals surface area contributed by atoms with Crippen LogP contribution in [-0.4, -0.2) is 87.9 Å². The molecule has 10 nitrogen and oxygen atoms in total. The number of benzene rings is 2. The minimum atomic E-state index is -3.83. The van der Waals surface area contributed by atoms with E-state index in [1.54, 1.807) is 42.5 Å². The SMILES string of the molecule is COc1ccc(CN(C)C[C@@H]2OCCCC[C@H](C)Oc3ccc(NS(=O)(=O)c4cccs4)cc3C(=O)N([C@@H](C)CO)C[C@H]2C)cc1. The topological polar surface area (TPSA) is 118 Å². The van der Waals surface area contributed by atoms with Crippen molar-refractivity contribution < 1.29 is 32.5 Å². The molecular formula is C34H47N3O7S2. The number of carbonyl (C=O) groups is 1. The van der Waals surface area contributed by atoms with Crippen molar-refractivity contribution in [1.82, 2.24) is 9.80 Å². The van der Waals surface area contributed by atoms with Crippen LogP contribution in [0.15, 0.2) is 64.2 Å². The zero-order valence-corrected chi connectivity index (χ0v) is 29.0. The summed E-state index contributed by atoms with van der Waals surface area (Å²) in [5.74, 6) is 0.757. The first kappa shape index (κ1) is 35.7. The number of carbonyl (C=O) groups excluding carboxylic acids is 1. The summed E-state index contributed by atoms with van der Waals surface area (Å²) in [6, 6.07) is 15.5. The molecule has 1 aliphatic heterocycles. The summed E-state index contributed by atoms with van der Waals surface area (Å²) in [4.78, 5) is 18.2. The molecule has 0 fully saturated rings. The molecule has 0 spiro atoms. The van der Waals surface area contributed by atoms with E-state index in [0.29, 0.717) is 25.4 Å². The van der Waals surface area contributed by atoms with Gasteiger partial charge in [0, 0.05) is 37.8 Å². The number of thiophene rings is 1. The van der Waals surface area contributed by atoms with Crippen LogP contribution in [0.3, 0.4) is 0 Å². The van der Waals surface area contributed by atoms with Gasteiger partial charge in [-0.25, -0.2) is 8.42 Å². The lowest BCUT2D eigenvalue weighted by Crippen LogP contribution is -2.47. The third-order valence-corrected chi connectivity index (χ3v) is 10.9.